The van der Waals surface area contributed by atoms with Gasteiger partial charge in [0.1, 0.15) is 6.61 Å². The number of nitrogens with zero attached hydrogens (tertiary/aromatic N) is 1. The van der Waals surface area contributed by atoms with Crippen LogP contribution < -0.4 is 20.2 Å². The van der Waals surface area contributed by atoms with E-state index in [0.29, 0.717) is 33.3 Å². The van der Waals surface area contributed by atoms with E-state index < -0.39 is 5.91 Å². The summed E-state index contributed by atoms with van der Waals surface area (Å²) in [6.07, 6.45) is 6.59. The zero-order valence-corrected chi connectivity index (χ0v) is 16.0. The Hall–Kier alpha value is -3.50. The molecular weight excluding hydrogens is 382 g/mol. The minimum atomic E-state index is -0.435. The van der Waals surface area contributed by atoms with Crippen LogP contribution in [0, 0.1) is 12.3 Å². The average molecular weight is 400 g/mol. The van der Waals surface area contributed by atoms with Crippen molar-refractivity contribution in [2.45, 2.75) is 6.92 Å². The van der Waals surface area contributed by atoms with E-state index in [-0.39, 0.29) is 12.5 Å². The molecule has 0 spiro atoms. The first-order valence-corrected chi connectivity index (χ1v) is 8.47. The largest absolute Gasteiger partial charge is 0.493 e. The first-order valence-electron chi connectivity index (χ1n) is 8.09. The Balaban J connectivity index is 2.10. The Kier molecular flexibility index (Phi) is 7.43. The molecule has 2 N–H and O–H groups in total. The molecule has 0 heterocycles. The number of methoxy groups -OCH3 is 1. The van der Waals surface area contributed by atoms with Crippen LogP contribution in [0.5, 0.6) is 11.5 Å². The maximum Gasteiger partial charge on any atom is 0.271 e. The van der Waals surface area contributed by atoms with Gasteiger partial charge in [0.05, 0.1) is 18.3 Å². The van der Waals surface area contributed by atoms with Gasteiger partial charge in [-0.3, -0.25) is 9.59 Å². The Bertz CT molecular complexity index is 951. The number of terminal acetylenes is 1. The van der Waals surface area contributed by atoms with Gasteiger partial charge in [0, 0.05) is 18.2 Å². The van der Waals surface area contributed by atoms with E-state index in [4.69, 9.17) is 27.5 Å². The lowest BCUT2D eigenvalue weighted by Crippen LogP contribution is -2.18. The molecule has 8 heteroatoms. The van der Waals surface area contributed by atoms with Crippen molar-refractivity contribution < 1.29 is 19.1 Å². The summed E-state index contributed by atoms with van der Waals surface area (Å²) in [6, 6.07) is 9.73. The van der Waals surface area contributed by atoms with Crippen LogP contribution in [0.4, 0.5) is 5.69 Å². The molecule has 2 aromatic rings. The predicted molar refractivity (Wildman–Crippen MR) is 108 cm³/mol. The number of carbonyl (C=O) groups is 2. The molecule has 0 saturated carbocycles. The van der Waals surface area contributed by atoms with Gasteiger partial charge in [-0.15, -0.1) is 6.42 Å². The number of amides is 2. The van der Waals surface area contributed by atoms with Crippen LogP contribution in [-0.4, -0.2) is 31.7 Å². The van der Waals surface area contributed by atoms with Gasteiger partial charge in [-0.1, -0.05) is 23.6 Å². The number of hydrogen-bond donors (Lipinski definition) is 2. The second-order valence-electron chi connectivity index (χ2n) is 5.49. The molecule has 0 aromatic heterocycles. The van der Waals surface area contributed by atoms with Crippen LogP contribution in [0.15, 0.2) is 41.5 Å². The van der Waals surface area contributed by atoms with Gasteiger partial charge < -0.3 is 14.8 Å². The quantitative estimate of drug-likeness (QED) is 0.425. The van der Waals surface area contributed by atoms with E-state index in [9.17, 15) is 9.59 Å². The van der Waals surface area contributed by atoms with Crippen molar-refractivity contribution in [1.82, 2.24) is 5.43 Å². The molecule has 7 nitrogen and oxygen atoms in total. The third-order valence-corrected chi connectivity index (χ3v) is 3.66. The monoisotopic (exact) mass is 399 g/mol. The molecule has 144 valence electrons. The molecule has 2 aromatic carbocycles. The third-order valence-electron chi connectivity index (χ3n) is 3.38. The molecule has 0 aliphatic rings. The number of anilines is 1. The number of benzene rings is 2. The van der Waals surface area contributed by atoms with Crippen LogP contribution in [-0.2, 0) is 4.79 Å². The fourth-order valence-corrected chi connectivity index (χ4v) is 2.51. The molecule has 0 atom stereocenters. The van der Waals surface area contributed by atoms with Gasteiger partial charge in [-0.05, 0) is 35.9 Å². The van der Waals surface area contributed by atoms with Crippen molar-refractivity contribution in [3.05, 3.63) is 52.5 Å². The van der Waals surface area contributed by atoms with Crippen molar-refractivity contribution in [2.24, 2.45) is 5.10 Å². The lowest BCUT2D eigenvalue weighted by atomic mass is 10.2. The molecule has 2 rings (SSSR count). The highest BCUT2D eigenvalue weighted by Gasteiger charge is 2.11. The summed E-state index contributed by atoms with van der Waals surface area (Å²) in [7, 11) is 1.47. The Labute approximate surface area is 167 Å². The van der Waals surface area contributed by atoms with Crippen LogP contribution in [0.25, 0.3) is 0 Å². The van der Waals surface area contributed by atoms with Crippen molar-refractivity contribution in [2.75, 3.05) is 19.0 Å². The molecular formula is C20H18ClN3O4. The minimum Gasteiger partial charge on any atom is -0.493 e. The van der Waals surface area contributed by atoms with Crippen LogP contribution in [0.2, 0.25) is 5.02 Å². The third kappa shape index (κ3) is 5.76. The van der Waals surface area contributed by atoms with Crippen LogP contribution in [0.1, 0.15) is 22.8 Å². The highest BCUT2D eigenvalue weighted by Crippen LogP contribution is 2.35. The molecule has 0 saturated heterocycles. The summed E-state index contributed by atoms with van der Waals surface area (Å²) in [6.45, 7) is 1.44. The molecule has 0 fully saturated rings. The lowest BCUT2D eigenvalue weighted by molar-refractivity contribution is -0.114. The van der Waals surface area contributed by atoms with Crippen LogP contribution in [0.3, 0.4) is 0 Å². The fraction of sp³-hybridized carbons (Fsp3) is 0.150. The summed E-state index contributed by atoms with van der Waals surface area (Å²) in [4.78, 5) is 23.3. The normalized spacial score (nSPS) is 10.2. The highest BCUT2D eigenvalue weighted by atomic mass is 35.5. The smallest absolute Gasteiger partial charge is 0.271 e. The second-order valence-corrected chi connectivity index (χ2v) is 5.90. The van der Waals surface area contributed by atoms with E-state index in [1.54, 1.807) is 36.4 Å². The number of halogens is 1. The second kappa shape index (κ2) is 10.00. The van der Waals surface area contributed by atoms with Crippen LogP contribution >= 0.6 is 11.6 Å². The Morgan fingerprint density at radius 1 is 1.32 bits per heavy atom. The standard InChI is InChI=1S/C20H18ClN3O4/c1-4-8-28-19-17(21)9-14(10-18(19)27-3)12-22-24-20(26)15-6-5-7-16(11-15)23-13(2)25/h1,5-7,9-12H,8H2,2-3H3,(H,23,25)(H,24,26). The van der Waals surface area contributed by atoms with Gasteiger partial charge in [-0.25, -0.2) is 5.43 Å². The highest BCUT2D eigenvalue weighted by molar-refractivity contribution is 6.32. The van der Waals surface area contributed by atoms with Crippen molar-refractivity contribution >= 4 is 35.3 Å². The summed E-state index contributed by atoms with van der Waals surface area (Å²) < 4.78 is 10.6. The van der Waals surface area contributed by atoms with E-state index in [1.807, 2.05) is 0 Å². The first kappa shape index (κ1) is 20.8. The number of ether oxygens (including phenoxy) is 2. The first-order chi connectivity index (χ1) is 13.4. The molecule has 2 amide bonds. The Morgan fingerprint density at radius 2 is 2.11 bits per heavy atom. The van der Waals surface area contributed by atoms with Crippen molar-refractivity contribution in [3.63, 3.8) is 0 Å². The minimum absolute atomic E-state index is 0.0527. The zero-order chi connectivity index (χ0) is 20.5. The van der Waals surface area contributed by atoms with Gasteiger partial charge in [-0.2, -0.15) is 5.10 Å². The number of carbonyl (C=O) groups excluding carboxylic acids is 2. The summed E-state index contributed by atoms with van der Waals surface area (Å²) in [5.74, 6) is 2.41. The maximum absolute atomic E-state index is 12.2. The SMILES string of the molecule is C#CCOc1c(Cl)cc(C=NNC(=O)c2cccc(NC(C)=O)c2)cc1OC. The van der Waals surface area contributed by atoms with E-state index in [1.165, 1.54) is 20.2 Å². The fourth-order valence-electron chi connectivity index (χ4n) is 2.24. The van der Waals surface area contributed by atoms with Crippen molar-refractivity contribution in [1.29, 1.82) is 0 Å². The summed E-state index contributed by atoms with van der Waals surface area (Å²) >= 11 is 6.19. The van der Waals surface area contributed by atoms with E-state index >= 15 is 0 Å². The molecule has 0 radical (unpaired) electrons. The van der Waals surface area contributed by atoms with Gasteiger partial charge >= 0.3 is 0 Å². The summed E-state index contributed by atoms with van der Waals surface area (Å²) in [5.41, 5.74) is 3.86. The van der Waals surface area contributed by atoms with E-state index in [2.05, 4.69) is 21.8 Å². The van der Waals surface area contributed by atoms with Gasteiger partial charge in [0.25, 0.3) is 5.91 Å². The molecule has 0 unspecified atom stereocenters. The van der Waals surface area contributed by atoms with E-state index in [0.717, 1.165) is 0 Å². The predicted octanol–water partition coefficient (Wildman–Crippen LogP) is 3.08. The van der Waals surface area contributed by atoms with Crippen molar-refractivity contribution in [3.8, 4) is 23.8 Å². The molecule has 0 aliphatic heterocycles. The zero-order valence-electron chi connectivity index (χ0n) is 15.3. The topological polar surface area (TPSA) is 89.0 Å². The molecule has 0 bridgehead atoms. The lowest BCUT2D eigenvalue weighted by Gasteiger charge is -2.11. The number of rotatable bonds is 7. The number of nitrogens with one attached hydrogen (secondary N) is 2. The summed E-state index contributed by atoms with van der Waals surface area (Å²) in [5, 5.41) is 6.82. The average Bonchev–Trinajstić information content (AvgIpc) is 2.66. The number of hydrogen-bond acceptors (Lipinski definition) is 5. The molecule has 0 aliphatic carbocycles. The maximum atomic E-state index is 12.2. The van der Waals surface area contributed by atoms with Gasteiger partial charge in [0.15, 0.2) is 11.5 Å². The molecule has 28 heavy (non-hydrogen) atoms. The van der Waals surface area contributed by atoms with Gasteiger partial charge in [0.2, 0.25) is 5.91 Å². The number of hydrazone groups is 1. The Morgan fingerprint density at radius 3 is 2.79 bits per heavy atom.